The summed E-state index contributed by atoms with van der Waals surface area (Å²) in [4.78, 5) is 14.0. The summed E-state index contributed by atoms with van der Waals surface area (Å²) in [6.07, 6.45) is 3.83. The lowest BCUT2D eigenvalue weighted by Crippen LogP contribution is -2.64. The van der Waals surface area contributed by atoms with Crippen LogP contribution in [0.3, 0.4) is 0 Å². The second-order valence-corrected chi connectivity index (χ2v) is 15.7. The van der Waals surface area contributed by atoms with Crippen molar-refractivity contribution in [2.75, 3.05) is 6.23 Å². The minimum absolute atomic E-state index is 0.0889. The maximum atomic E-state index is 14.0. The molecule has 3 nitrogen and oxygen atoms in total. The molecule has 0 aromatic heterocycles. The van der Waals surface area contributed by atoms with Gasteiger partial charge in [0.25, 0.3) is 0 Å². The summed E-state index contributed by atoms with van der Waals surface area (Å²) < 4.78 is 6.34. The van der Waals surface area contributed by atoms with Crippen molar-refractivity contribution < 1.29 is 14.6 Å². The highest BCUT2D eigenvalue weighted by molar-refractivity contribution is 6.87. The first-order valence-corrected chi connectivity index (χ1v) is 14.3. The third-order valence-corrected chi connectivity index (χ3v) is 14.6. The molecule has 0 heterocycles. The van der Waals surface area contributed by atoms with Crippen molar-refractivity contribution in [1.82, 2.24) is 0 Å². The van der Waals surface area contributed by atoms with Gasteiger partial charge in [0.2, 0.25) is 0 Å². The lowest BCUT2D eigenvalue weighted by atomic mass is 9.80. The van der Waals surface area contributed by atoms with Crippen molar-refractivity contribution in [2.45, 2.75) is 82.2 Å². The zero-order chi connectivity index (χ0) is 22.5. The van der Waals surface area contributed by atoms with Crippen LogP contribution < -0.4 is 0 Å². The van der Waals surface area contributed by atoms with Crippen LogP contribution in [-0.4, -0.2) is 31.3 Å². The van der Waals surface area contributed by atoms with Crippen molar-refractivity contribution in [2.24, 2.45) is 0 Å². The van der Waals surface area contributed by atoms with Crippen LogP contribution in [0.25, 0.3) is 0 Å². The second-order valence-electron chi connectivity index (χ2n) is 10.4. The smallest absolute Gasteiger partial charge is 0.143 e. The molecule has 0 unspecified atom stereocenters. The number of benzene rings is 2. The van der Waals surface area contributed by atoms with E-state index in [9.17, 15) is 9.90 Å². The summed E-state index contributed by atoms with van der Waals surface area (Å²) in [5.74, 6) is 0.207. The van der Waals surface area contributed by atoms with Crippen LogP contribution in [0, 0.1) is 0 Å². The van der Waals surface area contributed by atoms with E-state index >= 15 is 0 Å². The molecule has 0 saturated heterocycles. The number of aliphatic hydroxyl groups is 1. The summed E-state index contributed by atoms with van der Waals surface area (Å²) in [6.45, 7) is 9.56. The molecule has 1 aliphatic carbocycles. The lowest BCUT2D eigenvalue weighted by Gasteiger charge is -2.56. The molecule has 1 N–H and O–H groups in total. The van der Waals surface area contributed by atoms with Crippen molar-refractivity contribution in [3.63, 3.8) is 0 Å². The number of Topliss-reactive ketones (excluding diaryl/α,β-unsaturated/α-hetero) is 1. The first kappa shape index (κ1) is 23.9. The zero-order valence-corrected chi connectivity index (χ0v) is 20.6. The Morgan fingerprint density at radius 2 is 1.61 bits per heavy atom. The Bertz CT molecular complexity index is 846. The number of rotatable bonds is 8. The molecule has 31 heavy (non-hydrogen) atoms. The predicted octanol–water partition coefficient (Wildman–Crippen LogP) is 6.11. The average Bonchev–Trinajstić information content (AvgIpc) is 2.74. The molecular weight excluding hydrogens is 400 g/mol. The SMILES string of the molecule is CC(C)(C)[Si@@](C)(COCc1ccccc1)[C@]1(C(=O)Cc2ccccc2)CCCC[C@H]1O. The van der Waals surface area contributed by atoms with E-state index in [0.717, 1.165) is 30.4 Å². The number of ketones is 1. The molecule has 2 aromatic rings. The first-order chi connectivity index (χ1) is 14.7. The fraction of sp³-hybridized carbons (Fsp3) is 0.519. The maximum Gasteiger partial charge on any atom is 0.143 e. The maximum absolute atomic E-state index is 14.0. The normalized spacial score (nSPS) is 23.8. The van der Waals surface area contributed by atoms with Gasteiger partial charge in [0, 0.05) is 12.7 Å². The number of ether oxygens (including phenoxy) is 1. The van der Waals surface area contributed by atoms with Crippen LogP contribution in [0.2, 0.25) is 16.6 Å². The second kappa shape index (κ2) is 9.80. The molecule has 0 amide bonds. The predicted molar refractivity (Wildman–Crippen MR) is 130 cm³/mol. The Labute approximate surface area is 188 Å². The van der Waals surface area contributed by atoms with Gasteiger partial charge in [-0.3, -0.25) is 4.79 Å². The Morgan fingerprint density at radius 1 is 1.03 bits per heavy atom. The molecule has 3 atom stereocenters. The van der Waals surface area contributed by atoms with Crippen LogP contribution in [-0.2, 0) is 22.6 Å². The summed E-state index contributed by atoms with van der Waals surface area (Å²) >= 11 is 0. The standard InChI is InChI=1S/C27H38O3Si/c1-26(2,3)31(4,21-30-20-23-15-9-6-10-16-23)27(18-12-11-17-24(27)28)25(29)19-22-13-7-5-8-14-22/h5-10,13-16,24,28H,11-12,17-21H2,1-4H3/t24-,27-,31-/m1/s1. The molecule has 0 spiro atoms. The number of aliphatic hydroxyl groups excluding tert-OH is 1. The third kappa shape index (κ3) is 4.86. The highest BCUT2D eigenvalue weighted by Crippen LogP contribution is 2.59. The topological polar surface area (TPSA) is 46.5 Å². The van der Waals surface area contributed by atoms with E-state index in [1.807, 2.05) is 48.5 Å². The summed E-state index contributed by atoms with van der Waals surface area (Å²) in [5.41, 5.74) is 2.17. The molecule has 0 aliphatic heterocycles. The van der Waals surface area contributed by atoms with Crippen molar-refractivity contribution >= 4 is 13.9 Å². The Kier molecular flexibility index (Phi) is 7.56. The zero-order valence-electron chi connectivity index (χ0n) is 19.6. The van der Waals surface area contributed by atoms with E-state index in [1.165, 1.54) is 0 Å². The summed E-state index contributed by atoms with van der Waals surface area (Å²) in [7, 11) is -2.46. The monoisotopic (exact) mass is 438 g/mol. The van der Waals surface area contributed by atoms with Crippen LogP contribution in [0.1, 0.15) is 57.6 Å². The van der Waals surface area contributed by atoms with E-state index in [1.54, 1.807) is 0 Å². The first-order valence-electron chi connectivity index (χ1n) is 11.6. The Morgan fingerprint density at radius 3 is 2.16 bits per heavy atom. The lowest BCUT2D eigenvalue weighted by molar-refractivity contribution is -0.126. The molecular formula is C27H38O3Si. The molecule has 1 fully saturated rings. The highest BCUT2D eigenvalue weighted by atomic mass is 28.3. The van der Waals surface area contributed by atoms with Gasteiger partial charge in [0.15, 0.2) is 0 Å². The molecule has 1 saturated carbocycles. The van der Waals surface area contributed by atoms with Gasteiger partial charge in [0.1, 0.15) is 13.9 Å². The molecule has 4 heteroatoms. The van der Waals surface area contributed by atoms with Gasteiger partial charge < -0.3 is 9.84 Å². The number of hydrogen-bond donors (Lipinski definition) is 1. The van der Waals surface area contributed by atoms with Gasteiger partial charge in [0.05, 0.1) is 17.7 Å². The van der Waals surface area contributed by atoms with E-state index in [4.69, 9.17) is 4.74 Å². The minimum atomic E-state index is -2.46. The average molecular weight is 439 g/mol. The molecule has 0 bridgehead atoms. The Balaban J connectivity index is 1.94. The van der Waals surface area contributed by atoms with Gasteiger partial charge in [-0.25, -0.2) is 0 Å². The van der Waals surface area contributed by atoms with Crippen molar-refractivity contribution in [3.8, 4) is 0 Å². The molecule has 3 rings (SSSR count). The number of carbonyl (C=O) groups excluding carboxylic acids is 1. The fourth-order valence-corrected chi connectivity index (χ4v) is 10.2. The van der Waals surface area contributed by atoms with Crippen LogP contribution in [0.4, 0.5) is 0 Å². The van der Waals surface area contributed by atoms with Crippen LogP contribution in [0.5, 0.6) is 0 Å². The van der Waals surface area contributed by atoms with Crippen LogP contribution in [0.15, 0.2) is 60.7 Å². The quantitative estimate of drug-likeness (QED) is 0.506. The van der Waals surface area contributed by atoms with E-state index in [2.05, 4.69) is 39.5 Å². The Hall–Kier alpha value is -1.75. The van der Waals surface area contributed by atoms with Gasteiger partial charge in [-0.05, 0) is 29.0 Å². The number of carbonyl (C=O) groups is 1. The third-order valence-electron chi connectivity index (χ3n) is 7.71. The van der Waals surface area contributed by atoms with Crippen molar-refractivity contribution in [1.29, 1.82) is 0 Å². The van der Waals surface area contributed by atoms with E-state index in [0.29, 0.717) is 25.7 Å². The van der Waals surface area contributed by atoms with Gasteiger partial charge in [-0.2, -0.15) is 0 Å². The van der Waals surface area contributed by atoms with Crippen LogP contribution >= 0.6 is 0 Å². The van der Waals surface area contributed by atoms with Gasteiger partial charge in [-0.1, -0.05) is 101 Å². The minimum Gasteiger partial charge on any atom is -0.392 e. The summed E-state index contributed by atoms with van der Waals surface area (Å²) in [6, 6.07) is 20.2. The molecule has 0 radical (unpaired) electrons. The molecule has 168 valence electrons. The fourth-order valence-electron chi connectivity index (χ4n) is 5.33. The molecule has 2 aromatic carbocycles. The summed E-state index contributed by atoms with van der Waals surface area (Å²) in [5, 5.41) is 10.7. The van der Waals surface area contributed by atoms with Crippen molar-refractivity contribution in [3.05, 3.63) is 71.8 Å². The van der Waals surface area contributed by atoms with Gasteiger partial charge in [-0.15, -0.1) is 0 Å². The largest absolute Gasteiger partial charge is 0.392 e. The molecule has 1 aliphatic rings. The highest BCUT2D eigenvalue weighted by Gasteiger charge is 2.63. The van der Waals surface area contributed by atoms with E-state index < -0.39 is 19.2 Å². The van der Waals surface area contributed by atoms with Gasteiger partial charge >= 0.3 is 0 Å². The number of hydrogen-bond acceptors (Lipinski definition) is 3. The van der Waals surface area contributed by atoms with E-state index in [-0.39, 0.29) is 10.8 Å².